The number of nitrogens with zero attached hydrogens (tertiary/aromatic N) is 1. The molecule has 2 amide bonds. The number of esters is 1. The molecule has 5 aliphatic rings. The third kappa shape index (κ3) is 19.3. The fourth-order valence-electron chi connectivity index (χ4n) is 11.0. The molecule has 4 aliphatic heterocycles. The molecule has 3 saturated heterocycles. The molecule has 21 nitrogen and oxygen atoms in total. The molecule has 4 heterocycles. The largest absolute Gasteiger partial charge is 0.481 e. The smallest absolute Gasteiger partial charge is 0.311 e. The lowest BCUT2D eigenvalue weighted by Crippen LogP contribution is -2.65. The van der Waals surface area contributed by atoms with Gasteiger partial charge in [0, 0.05) is 37.1 Å². The second-order valence-corrected chi connectivity index (χ2v) is 22.1. The summed E-state index contributed by atoms with van der Waals surface area (Å²) >= 11 is 0. The van der Waals surface area contributed by atoms with Crippen LogP contribution in [-0.4, -0.2) is 194 Å². The van der Waals surface area contributed by atoms with Crippen LogP contribution in [0.4, 0.5) is 0 Å². The average Bonchev–Trinajstić information content (AvgIpc) is 3.67. The highest BCUT2D eigenvalue weighted by molar-refractivity contribution is 6.06. The van der Waals surface area contributed by atoms with Gasteiger partial charge in [-0.3, -0.25) is 29.4 Å². The highest BCUT2D eigenvalue weighted by Gasteiger charge is 2.52. The van der Waals surface area contributed by atoms with Gasteiger partial charge < -0.3 is 75.1 Å². The molecule has 0 aromatic rings. The van der Waals surface area contributed by atoms with Crippen LogP contribution in [0.2, 0.25) is 0 Å². The Labute approximate surface area is 457 Å². The first-order chi connectivity index (χ1) is 37.0. The maximum Gasteiger partial charge on any atom is 0.311 e. The number of hydrogen-bond acceptors (Lipinski definition) is 19. The van der Waals surface area contributed by atoms with Gasteiger partial charge in [-0.1, -0.05) is 106 Å². The van der Waals surface area contributed by atoms with Gasteiger partial charge in [-0.2, -0.15) is 0 Å². The molecule has 20 atom stereocenters. The first-order valence-corrected chi connectivity index (χ1v) is 27.9. The zero-order chi connectivity index (χ0) is 57.3. The molecule has 0 aromatic heterocycles. The maximum absolute atomic E-state index is 13.7. The van der Waals surface area contributed by atoms with Crippen LogP contribution < -0.4 is 5.32 Å². The normalized spacial score (nSPS) is 43.2. The summed E-state index contributed by atoms with van der Waals surface area (Å²) in [6.45, 7) is 6.76. The predicted octanol–water partition coefficient (Wildman–Crippen LogP) is 2.03. The summed E-state index contributed by atoms with van der Waals surface area (Å²) in [4.78, 5) is 53.6. The predicted molar refractivity (Wildman–Crippen MR) is 283 cm³/mol. The van der Waals surface area contributed by atoms with E-state index in [2.05, 4.69) is 5.32 Å². The second-order valence-electron chi connectivity index (χ2n) is 22.1. The van der Waals surface area contributed by atoms with E-state index in [9.17, 15) is 75.3 Å². The van der Waals surface area contributed by atoms with E-state index < -0.39 is 159 Å². The van der Waals surface area contributed by atoms with Crippen LogP contribution in [-0.2, 0) is 38.1 Å². The van der Waals surface area contributed by atoms with Gasteiger partial charge in [0.1, 0.15) is 18.1 Å². The van der Waals surface area contributed by atoms with Gasteiger partial charge in [0.2, 0.25) is 11.8 Å². The minimum atomic E-state index is -2.42. The molecular formula is C57H88N2O19. The van der Waals surface area contributed by atoms with E-state index in [1.54, 1.807) is 44.2 Å². The van der Waals surface area contributed by atoms with Crippen LogP contribution in [0, 0.1) is 17.8 Å². The minimum Gasteiger partial charge on any atom is -0.481 e. The number of aliphatic carboxylic acids is 1. The number of cyclic esters (lactones) is 1. The van der Waals surface area contributed by atoms with E-state index in [0.717, 1.165) is 32.1 Å². The Hall–Kier alpha value is -4.04. The van der Waals surface area contributed by atoms with Crippen LogP contribution in [0.5, 0.6) is 0 Å². The monoisotopic (exact) mass is 1100 g/mol. The molecule has 0 spiro atoms. The van der Waals surface area contributed by atoms with Crippen molar-refractivity contribution in [2.24, 2.45) is 17.8 Å². The lowest BCUT2D eigenvalue weighted by atomic mass is 9.82. The zero-order valence-electron chi connectivity index (χ0n) is 45.4. The van der Waals surface area contributed by atoms with E-state index in [0.29, 0.717) is 12.8 Å². The maximum atomic E-state index is 13.7. The van der Waals surface area contributed by atoms with E-state index in [1.165, 1.54) is 17.9 Å². The Morgan fingerprint density at radius 2 is 1.28 bits per heavy atom. The number of carboxylic acid groups (broad SMARTS) is 1. The molecule has 0 radical (unpaired) electrons. The fourth-order valence-corrected chi connectivity index (χ4v) is 11.0. The van der Waals surface area contributed by atoms with Crippen molar-refractivity contribution in [2.75, 3.05) is 0 Å². The molecule has 21 heteroatoms. The first-order valence-electron chi connectivity index (χ1n) is 27.9. The Kier molecular flexibility index (Phi) is 25.9. The molecule has 5 rings (SSSR count). The lowest BCUT2D eigenvalue weighted by molar-refractivity contribution is -0.310. The van der Waals surface area contributed by atoms with Gasteiger partial charge in [0.05, 0.1) is 92.1 Å². The summed E-state index contributed by atoms with van der Waals surface area (Å²) in [6, 6.07) is -2.51. The minimum absolute atomic E-state index is 0.165. The number of rotatable bonds is 6. The molecule has 78 heavy (non-hydrogen) atoms. The van der Waals surface area contributed by atoms with E-state index >= 15 is 0 Å². The average molecular weight is 1110 g/mol. The van der Waals surface area contributed by atoms with Crippen LogP contribution in [0.1, 0.15) is 130 Å². The molecule has 12 N–H and O–H groups in total. The highest BCUT2D eigenvalue weighted by atomic mass is 16.7. The van der Waals surface area contributed by atoms with Crippen LogP contribution in [0.25, 0.3) is 0 Å². The van der Waals surface area contributed by atoms with Crippen LogP contribution >= 0.6 is 0 Å². The van der Waals surface area contributed by atoms with Crippen molar-refractivity contribution < 1.29 is 94.3 Å². The third-order valence-corrected chi connectivity index (χ3v) is 15.7. The number of amides is 2. The zero-order valence-corrected chi connectivity index (χ0v) is 45.4. The number of carboxylic acids is 1. The van der Waals surface area contributed by atoms with Crippen LogP contribution in [0.3, 0.4) is 0 Å². The van der Waals surface area contributed by atoms with Crippen molar-refractivity contribution >= 4 is 23.8 Å². The number of fused-ring (bicyclic) bond motifs is 2. The van der Waals surface area contributed by atoms with E-state index in [-0.39, 0.29) is 50.0 Å². The summed E-state index contributed by atoms with van der Waals surface area (Å²) in [6.07, 6.45) is 4.74. The van der Waals surface area contributed by atoms with Crippen LogP contribution in [0.15, 0.2) is 72.9 Å². The van der Waals surface area contributed by atoms with Gasteiger partial charge in [-0.05, 0) is 65.2 Å². The Bertz CT molecular complexity index is 2090. The second kappa shape index (κ2) is 31.2. The Morgan fingerprint density at radius 1 is 0.667 bits per heavy atom. The molecule has 1 aliphatic carbocycles. The van der Waals surface area contributed by atoms with Crippen molar-refractivity contribution in [3.05, 3.63) is 72.9 Å². The Balaban J connectivity index is 1.35. The number of nitrogens with one attached hydrogen (secondary N) is 1. The molecule has 0 aromatic carbocycles. The third-order valence-electron chi connectivity index (χ3n) is 15.7. The summed E-state index contributed by atoms with van der Waals surface area (Å²) in [5, 5.41) is 125. The lowest BCUT2D eigenvalue weighted by Gasteiger charge is -2.46. The summed E-state index contributed by atoms with van der Waals surface area (Å²) in [5.74, 6) is -7.85. The molecule has 1 unspecified atom stereocenters. The summed E-state index contributed by atoms with van der Waals surface area (Å²) < 4.78 is 23.8. The van der Waals surface area contributed by atoms with Gasteiger partial charge in [0.15, 0.2) is 12.1 Å². The number of imide groups is 1. The standard InChI is InChI=1S/C57H88N2O19/c1-33-20-16-13-11-9-7-5-6-8-10-12-14-19-23-41(77-56-53(70)50(52(69)36(4)76-56)58-42-30-47(66)59(54(42)71)37-21-17-15-18-22-37)29-46-49(55(72)73)45(65)32-57(74,78-46)31-44(64)43(63)25-24-38(60)26-39(61)27-40(62)28-48(67)75-35(3)34(2)51(33)68/h5-6,8,10-14,16,19-20,23,33-46,49-53,56,58,60-65,68-70,74H,7,9,15,17-18,21-22,24-32H2,1-4H3,(H,72,73)/b6-5+,10-8+,13-11+,14-12+,20-16+,23-19+/t33-,34-,35-,36+,38+,39+,40+,41-,42?,43+,44+,45-,46-,49+,50-,51+,52+,53-,56+,57+/m0/s1. The van der Waals surface area contributed by atoms with Gasteiger partial charge in [-0.25, -0.2) is 0 Å². The number of hydrogen-bond donors (Lipinski definition) is 12. The summed E-state index contributed by atoms with van der Waals surface area (Å²) in [5.41, 5.74) is 0. The number of carbonyl (C=O) groups excluding carboxylic acids is 3. The topological polar surface area (TPSA) is 343 Å². The number of likely N-dealkylation sites (tertiary alicyclic amines) is 1. The number of aliphatic hydroxyl groups is 10. The van der Waals surface area contributed by atoms with Gasteiger partial charge >= 0.3 is 11.9 Å². The van der Waals surface area contributed by atoms with Crippen molar-refractivity contribution in [3.63, 3.8) is 0 Å². The van der Waals surface area contributed by atoms with E-state index in [4.69, 9.17) is 18.9 Å². The Morgan fingerprint density at radius 3 is 1.96 bits per heavy atom. The highest BCUT2D eigenvalue weighted by Crippen LogP contribution is 2.39. The van der Waals surface area contributed by atoms with Crippen molar-refractivity contribution in [1.82, 2.24) is 10.2 Å². The van der Waals surface area contributed by atoms with Crippen molar-refractivity contribution in [3.8, 4) is 0 Å². The first kappa shape index (κ1) is 64.8. The number of carbonyl (C=O) groups is 4. The number of aliphatic hydroxyl groups excluding tert-OH is 9. The fraction of sp³-hybridized carbons (Fsp3) is 0.719. The molecular weight excluding hydrogens is 1020 g/mol. The van der Waals surface area contributed by atoms with Gasteiger partial charge in [-0.15, -0.1) is 0 Å². The number of ether oxygens (including phenoxy) is 4. The molecule has 4 fully saturated rings. The quantitative estimate of drug-likeness (QED) is 0.134. The van der Waals surface area contributed by atoms with Crippen molar-refractivity contribution in [2.45, 2.75) is 240 Å². The van der Waals surface area contributed by atoms with Crippen molar-refractivity contribution in [1.29, 1.82) is 0 Å². The molecule has 440 valence electrons. The molecule has 2 bridgehead atoms. The van der Waals surface area contributed by atoms with Gasteiger partial charge in [0.25, 0.3) is 0 Å². The molecule has 1 saturated carbocycles. The SMILES string of the molecule is C[C@@H]1[C@H](O)[C@@H](C)/C=C/C=C/CC/C=C/C=C/C=C/C=C/[C@H](O[C@H]2O[C@H](C)[C@@H](O)[C@H](NC3CC(=O)N(C4CCCCC4)C3=O)[C@@H]2O)C[C@@H]2O[C@](O)(C[C@@H](O)[C@H](O)CC[C@@H](O)C[C@@H](O)C[C@@H](O)CC(=O)O[C@H]1C)C[C@H](O)[C@H]2C(=O)O. The number of allylic oxidation sites excluding steroid dienone is 10. The van der Waals surface area contributed by atoms with E-state index in [1.807, 2.05) is 43.4 Å². The summed E-state index contributed by atoms with van der Waals surface area (Å²) in [7, 11) is 0.